The van der Waals surface area contributed by atoms with Crippen molar-refractivity contribution in [2.45, 2.75) is 50.9 Å². The van der Waals surface area contributed by atoms with Gasteiger partial charge in [0, 0.05) is 32.7 Å². The predicted molar refractivity (Wildman–Crippen MR) is 73.4 cm³/mol. The molecule has 3 heterocycles. The van der Waals surface area contributed by atoms with Gasteiger partial charge in [0.2, 0.25) is 5.91 Å². The van der Waals surface area contributed by atoms with Crippen molar-refractivity contribution in [1.82, 2.24) is 14.7 Å². The van der Waals surface area contributed by atoms with E-state index in [9.17, 15) is 14.4 Å². The maximum absolute atomic E-state index is 12.5. The molecule has 0 saturated carbocycles. The number of ether oxygens (including phenoxy) is 1. The number of carbonyl (C=O) groups excluding carboxylic acids is 3. The second-order valence-corrected chi connectivity index (χ2v) is 6.18. The van der Waals surface area contributed by atoms with Crippen LogP contribution in [0.15, 0.2) is 0 Å². The highest BCUT2D eigenvalue weighted by Gasteiger charge is 2.55. The molecule has 3 aliphatic rings. The van der Waals surface area contributed by atoms with Crippen LogP contribution in [0.5, 0.6) is 0 Å². The van der Waals surface area contributed by atoms with Crippen molar-refractivity contribution in [3.8, 4) is 0 Å². The molecule has 0 spiro atoms. The molecule has 0 aromatic rings. The summed E-state index contributed by atoms with van der Waals surface area (Å²) in [6.45, 7) is 4.91. The van der Waals surface area contributed by atoms with Crippen LogP contribution in [0.25, 0.3) is 0 Å². The summed E-state index contributed by atoms with van der Waals surface area (Å²) in [5, 5.41) is 0. The minimum absolute atomic E-state index is 0.0866. The van der Waals surface area contributed by atoms with Gasteiger partial charge in [-0.15, -0.1) is 0 Å². The van der Waals surface area contributed by atoms with Crippen molar-refractivity contribution in [3.05, 3.63) is 0 Å². The highest BCUT2D eigenvalue weighted by Crippen LogP contribution is 2.32. The van der Waals surface area contributed by atoms with Crippen molar-refractivity contribution >= 4 is 17.8 Å². The molecule has 3 aliphatic heterocycles. The Morgan fingerprint density at radius 3 is 2.38 bits per heavy atom. The van der Waals surface area contributed by atoms with Crippen LogP contribution in [-0.2, 0) is 14.3 Å². The standard InChI is InChI=1S/C14H21N3O4/c1-8(2)15-5-4-10(12(15)18)17-13(19)11-6-9(21-3)7-16(11)14(17)20/h8-11H,4-7H2,1-3H3/t9-,10+,11+/m1/s1. The van der Waals surface area contributed by atoms with E-state index >= 15 is 0 Å². The van der Waals surface area contributed by atoms with Crippen LogP contribution in [0.3, 0.4) is 0 Å². The van der Waals surface area contributed by atoms with E-state index in [1.807, 2.05) is 13.8 Å². The van der Waals surface area contributed by atoms with E-state index in [4.69, 9.17) is 4.74 Å². The summed E-state index contributed by atoms with van der Waals surface area (Å²) in [5.41, 5.74) is 0. The van der Waals surface area contributed by atoms with Crippen molar-refractivity contribution in [2.24, 2.45) is 0 Å². The van der Waals surface area contributed by atoms with Crippen LogP contribution in [0.1, 0.15) is 26.7 Å². The summed E-state index contributed by atoms with van der Waals surface area (Å²) in [6.07, 6.45) is 0.964. The maximum atomic E-state index is 12.5. The van der Waals surface area contributed by atoms with Gasteiger partial charge in [-0.2, -0.15) is 0 Å². The fourth-order valence-electron chi connectivity index (χ4n) is 3.53. The van der Waals surface area contributed by atoms with Crippen LogP contribution in [0.4, 0.5) is 4.79 Å². The molecule has 4 amide bonds. The van der Waals surface area contributed by atoms with Gasteiger partial charge in [-0.05, 0) is 20.3 Å². The molecule has 0 aromatic heterocycles. The van der Waals surface area contributed by atoms with Crippen LogP contribution in [0.2, 0.25) is 0 Å². The van der Waals surface area contributed by atoms with Crippen molar-refractivity contribution in [2.75, 3.05) is 20.2 Å². The van der Waals surface area contributed by atoms with Crippen molar-refractivity contribution < 1.29 is 19.1 Å². The normalized spacial score (nSPS) is 32.9. The van der Waals surface area contributed by atoms with E-state index in [2.05, 4.69) is 0 Å². The van der Waals surface area contributed by atoms with Gasteiger partial charge >= 0.3 is 6.03 Å². The van der Waals surface area contributed by atoms with E-state index in [1.54, 1.807) is 16.9 Å². The van der Waals surface area contributed by atoms with Gasteiger partial charge in [0.05, 0.1) is 6.10 Å². The summed E-state index contributed by atoms with van der Waals surface area (Å²) < 4.78 is 5.23. The number of imide groups is 1. The minimum atomic E-state index is -0.626. The molecule has 3 atom stereocenters. The van der Waals surface area contributed by atoms with Crippen LogP contribution in [0, 0.1) is 0 Å². The topological polar surface area (TPSA) is 70.2 Å². The third-order valence-corrected chi connectivity index (χ3v) is 4.72. The Morgan fingerprint density at radius 1 is 1.14 bits per heavy atom. The minimum Gasteiger partial charge on any atom is -0.380 e. The zero-order valence-electron chi connectivity index (χ0n) is 12.6. The van der Waals surface area contributed by atoms with E-state index < -0.39 is 12.1 Å². The number of nitrogens with zero attached hydrogens (tertiary/aromatic N) is 3. The second kappa shape index (κ2) is 4.98. The number of hydrogen-bond acceptors (Lipinski definition) is 4. The first kappa shape index (κ1) is 14.3. The fourth-order valence-corrected chi connectivity index (χ4v) is 3.53. The highest BCUT2D eigenvalue weighted by molar-refractivity contribution is 6.08. The van der Waals surface area contributed by atoms with Gasteiger partial charge in [-0.25, -0.2) is 9.69 Å². The molecule has 21 heavy (non-hydrogen) atoms. The molecule has 7 nitrogen and oxygen atoms in total. The molecule has 0 aliphatic carbocycles. The van der Waals surface area contributed by atoms with Gasteiger partial charge in [-0.3, -0.25) is 9.59 Å². The number of rotatable bonds is 3. The molecular formula is C14H21N3O4. The summed E-state index contributed by atoms with van der Waals surface area (Å²) in [6, 6.07) is -1.33. The van der Waals surface area contributed by atoms with Crippen molar-refractivity contribution in [3.63, 3.8) is 0 Å². The molecule has 3 rings (SSSR count). The Kier molecular flexibility index (Phi) is 3.39. The molecule has 0 bridgehead atoms. The molecule has 0 aromatic carbocycles. The first-order valence-corrected chi connectivity index (χ1v) is 7.42. The van der Waals surface area contributed by atoms with Crippen LogP contribution < -0.4 is 0 Å². The third-order valence-electron chi connectivity index (χ3n) is 4.72. The SMILES string of the molecule is CO[C@@H]1C[C@H]2C(=O)N([C@H]3CCN(C(C)C)C3=O)C(=O)N2C1. The Balaban J connectivity index is 1.78. The van der Waals surface area contributed by atoms with Crippen LogP contribution in [-0.4, -0.2) is 77.0 Å². The quantitative estimate of drug-likeness (QED) is 0.690. The number of urea groups is 1. The van der Waals surface area contributed by atoms with E-state index in [1.165, 1.54) is 4.90 Å². The highest BCUT2D eigenvalue weighted by atomic mass is 16.5. The molecular weight excluding hydrogens is 274 g/mol. The average molecular weight is 295 g/mol. The van der Waals surface area contributed by atoms with Gasteiger partial charge in [0.15, 0.2) is 0 Å². The molecule has 3 fully saturated rings. The van der Waals surface area contributed by atoms with E-state index in [0.29, 0.717) is 25.9 Å². The number of carbonyl (C=O) groups is 3. The van der Waals surface area contributed by atoms with Crippen molar-refractivity contribution in [1.29, 1.82) is 0 Å². The van der Waals surface area contributed by atoms with E-state index in [-0.39, 0.29) is 30.0 Å². The maximum Gasteiger partial charge on any atom is 0.328 e. The number of amides is 4. The first-order valence-electron chi connectivity index (χ1n) is 7.42. The number of fused-ring (bicyclic) bond motifs is 1. The zero-order chi connectivity index (χ0) is 15.3. The number of hydrogen-bond donors (Lipinski definition) is 0. The lowest BCUT2D eigenvalue weighted by Gasteiger charge is -2.24. The lowest BCUT2D eigenvalue weighted by molar-refractivity contribution is -0.139. The average Bonchev–Trinajstić information content (AvgIpc) is 3.07. The zero-order valence-corrected chi connectivity index (χ0v) is 12.6. The Bertz CT molecular complexity index is 469. The summed E-state index contributed by atoms with van der Waals surface area (Å²) >= 11 is 0. The predicted octanol–water partition coefficient (Wildman–Crippen LogP) is 0.0472. The second-order valence-electron chi connectivity index (χ2n) is 6.18. The first-order chi connectivity index (χ1) is 9.95. The lowest BCUT2D eigenvalue weighted by Crippen LogP contribution is -2.47. The van der Waals surface area contributed by atoms with Gasteiger partial charge in [-0.1, -0.05) is 0 Å². The molecule has 3 saturated heterocycles. The summed E-state index contributed by atoms with van der Waals surface area (Å²) in [4.78, 5) is 41.8. The van der Waals surface area contributed by atoms with Crippen LogP contribution >= 0.6 is 0 Å². The largest absolute Gasteiger partial charge is 0.380 e. The molecule has 0 N–H and O–H groups in total. The van der Waals surface area contributed by atoms with Gasteiger partial charge < -0.3 is 14.5 Å². The molecule has 116 valence electrons. The van der Waals surface area contributed by atoms with Gasteiger partial charge in [0.25, 0.3) is 5.91 Å². The summed E-state index contributed by atoms with van der Waals surface area (Å²) in [7, 11) is 1.58. The Hall–Kier alpha value is -1.63. The Labute approximate surface area is 123 Å². The number of methoxy groups -OCH3 is 1. The van der Waals surface area contributed by atoms with E-state index in [0.717, 1.165) is 0 Å². The summed E-state index contributed by atoms with van der Waals surface area (Å²) in [5.74, 6) is -0.361. The smallest absolute Gasteiger partial charge is 0.328 e. The molecule has 7 heteroatoms. The van der Waals surface area contributed by atoms with Gasteiger partial charge in [0.1, 0.15) is 12.1 Å². The third kappa shape index (κ3) is 2.02. The fraction of sp³-hybridized carbons (Fsp3) is 0.786. The molecule has 0 unspecified atom stereocenters. The monoisotopic (exact) mass is 295 g/mol. The molecule has 0 radical (unpaired) electrons. The number of likely N-dealkylation sites (tertiary alicyclic amines) is 1. The Morgan fingerprint density at radius 2 is 1.86 bits per heavy atom. The lowest BCUT2D eigenvalue weighted by atomic mass is 10.1.